The fraction of sp³-hybridized carbons (Fsp3) is 0.900. The highest BCUT2D eigenvalue weighted by Crippen LogP contribution is 2.59. The summed E-state index contributed by atoms with van der Waals surface area (Å²) in [5.41, 5.74) is -0.158. The van der Waals surface area contributed by atoms with Crippen LogP contribution in [0.1, 0.15) is 27.2 Å². The van der Waals surface area contributed by atoms with E-state index in [-0.39, 0.29) is 29.0 Å². The van der Waals surface area contributed by atoms with E-state index < -0.39 is 15.4 Å². The van der Waals surface area contributed by atoms with Gasteiger partial charge < -0.3 is 0 Å². The number of ketones is 1. The second-order valence-corrected chi connectivity index (χ2v) is 7.16. The van der Waals surface area contributed by atoms with Gasteiger partial charge in [-0.15, -0.1) is 0 Å². The van der Waals surface area contributed by atoms with E-state index in [1.165, 1.54) is 0 Å². The van der Waals surface area contributed by atoms with E-state index >= 15 is 0 Å². The second-order valence-electron chi connectivity index (χ2n) is 5.47. The Morgan fingerprint density at radius 3 is 2.44 bits per heavy atom. The predicted molar refractivity (Wildman–Crippen MR) is 57.5 cm³/mol. The van der Waals surface area contributed by atoms with Gasteiger partial charge in [-0.2, -0.15) is 18.6 Å². The normalized spacial score (nSPS) is 41.6. The number of Topliss-reactive ketones (excluding diaryl/α,β-unsaturated/α-hetero) is 1. The first kappa shape index (κ1) is 12.0. The number of rotatable bonds is 2. The average Bonchev–Trinajstić information content (AvgIpc) is 2.64. The lowest BCUT2D eigenvalue weighted by Crippen LogP contribution is -2.47. The summed E-state index contributed by atoms with van der Waals surface area (Å²) in [5, 5.41) is -1.06. The van der Waals surface area contributed by atoms with Gasteiger partial charge >= 0.3 is 0 Å². The number of fused-ring (bicyclic) bond motifs is 2. The highest BCUT2D eigenvalue weighted by molar-refractivity contribution is 7.88. The van der Waals surface area contributed by atoms with Crippen molar-refractivity contribution in [3.63, 3.8) is 0 Å². The molecule has 2 aliphatic carbocycles. The first-order valence-electron chi connectivity index (χ1n) is 5.39. The van der Waals surface area contributed by atoms with Crippen LogP contribution in [0.4, 0.5) is 0 Å². The molecule has 5 nitrogen and oxygen atoms in total. The van der Waals surface area contributed by atoms with Crippen LogP contribution >= 0.6 is 0 Å². The van der Waals surface area contributed by atoms with Crippen molar-refractivity contribution >= 4 is 15.9 Å². The first-order valence-corrected chi connectivity index (χ1v) is 6.86. The Morgan fingerprint density at radius 2 is 2.00 bits per heavy atom. The van der Waals surface area contributed by atoms with E-state index in [1.807, 2.05) is 20.8 Å². The molecule has 0 heterocycles. The molecule has 0 amide bonds. The molecule has 2 bridgehead atoms. The Balaban J connectivity index is 2.44. The van der Waals surface area contributed by atoms with Crippen LogP contribution in [0, 0.1) is 23.2 Å². The Hall–Kier alpha value is -0.460. The zero-order chi connectivity index (χ0) is 12.3. The molecule has 2 rings (SSSR count). The Bertz CT molecular complexity index is 428. The molecule has 0 aromatic heterocycles. The van der Waals surface area contributed by atoms with Crippen LogP contribution in [-0.2, 0) is 19.2 Å². The molecule has 2 aliphatic rings. The van der Waals surface area contributed by atoms with Gasteiger partial charge in [-0.05, 0) is 23.7 Å². The molecule has 2 saturated carbocycles. The van der Waals surface area contributed by atoms with Crippen molar-refractivity contribution in [1.29, 1.82) is 0 Å². The topological polar surface area (TPSA) is 86.5 Å². The van der Waals surface area contributed by atoms with E-state index in [1.54, 1.807) is 0 Å². The Morgan fingerprint density at radius 1 is 1.44 bits per heavy atom. The fourth-order valence-corrected chi connectivity index (χ4v) is 4.77. The van der Waals surface area contributed by atoms with Crippen LogP contribution in [-0.4, -0.2) is 19.5 Å². The number of nitrogens with two attached hydrogens (primary N) is 1. The minimum Gasteiger partial charge on any atom is -0.298 e. The smallest absolute Gasteiger partial charge is 0.293 e. The van der Waals surface area contributed by atoms with Crippen molar-refractivity contribution in [3.05, 3.63) is 0 Å². The van der Waals surface area contributed by atoms with Gasteiger partial charge in [0.05, 0.1) is 0 Å². The lowest BCUT2D eigenvalue weighted by molar-refractivity contribution is -0.125. The van der Waals surface area contributed by atoms with Gasteiger partial charge in [0.2, 0.25) is 0 Å². The lowest BCUT2D eigenvalue weighted by Gasteiger charge is -2.38. The molecule has 0 unspecified atom stereocenters. The van der Waals surface area contributed by atoms with Crippen LogP contribution < -0.4 is 5.90 Å². The molecule has 0 saturated heterocycles. The van der Waals surface area contributed by atoms with Crippen molar-refractivity contribution < 1.29 is 17.5 Å². The highest BCUT2D eigenvalue weighted by Gasteiger charge is 2.64. The third-order valence-corrected chi connectivity index (χ3v) is 6.15. The highest BCUT2D eigenvalue weighted by atomic mass is 32.2. The molecule has 16 heavy (non-hydrogen) atoms. The second kappa shape index (κ2) is 3.27. The van der Waals surface area contributed by atoms with Crippen molar-refractivity contribution in [3.8, 4) is 0 Å². The summed E-state index contributed by atoms with van der Waals surface area (Å²) < 4.78 is 27.3. The van der Waals surface area contributed by atoms with Crippen molar-refractivity contribution in [2.75, 3.05) is 0 Å². The molecule has 0 radical (unpaired) electrons. The van der Waals surface area contributed by atoms with Gasteiger partial charge in [-0.25, -0.2) is 0 Å². The van der Waals surface area contributed by atoms with Crippen molar-refractivity contribution in [2.24, 2.45) is 29.1 Å². The SMILES string of the molecule is C[C@@H]1[C@H]2C[C@H]([C@H](S(=O)(=O)ON)C2=O)C1(C)C. The molecule has 0 aromatic carbocycles. The average molecular weight is 247 g/mol. The Kier molecular flexibility index (Phi) is 2.46. The predicted octanol–water partition coefficient (Wildman–Crippen LogP) is 0.456. The quantitative estimate of drug-likeness (QED) is 0.716. The van der Waals surface area contributed by atoms with E-state index in [9.17, 15) is 13.2 Å². The monoisotopic (exact) mass is 247 g/mol. The van der Waals surface area contributed by atoms with E-state index in [0.717, 1.165) is 0 Å². The van der Waals surface area contributed by atoms with Crippen LogP contribution in [0.3, 0.4) is 0 Å². The molecule has 2 N–H and O–H groups in total. The minimum absolute atomic E-state index is 0.157. The molecule has 2 fully saturated rings. The molecular formula is C10H17NO4S. The molecular weight excluding hydrogens is 230 g/mol. The van der Waals surface area contributed by atoms with Crippen LogP contribution in [0.15, 0.2) is 0 Å². The summed E-state index contributed by atoms with van der Waals surface area (Å²) in [6.07, 6.45) is 0.639. The first-order chi connectivity index (χ1) is 7.23. The van der Waals surface area contributed by atoms with Crippen LogP contribution in [0.25, 0.3) is 0 Å². The summed E-state index contributed by atoms with van der Waals surface area (Å²) in [4.78, 5) is 12.0. The van der Waals surface area contributed by atoms with E-state index in [2.05, 4.69) is 4.28 Å². The van der Waals surface area contributed by atoms with Gasteiger partial charge in [0, 0.05) is 5.92 Å². The van der Waals surface area contributed by atoms with Crippen LogP contribution in [0.5, 0.6) is 0 Å². The number of hydrogen-bond donors (Lipinski definition) is 1. The van der Waals surface area contributed by atoms with Gasteiger partial charge in [-0.1, -0.05) is 20.8 Å². The summed E-state index contributed by atoms with van der Waals surface area (Å²) >= 11 is 0. The fourth-order valence-electron chi connectivity index (χ4n) is 3.33. The molecule has 6 heteroatoms. The molecule has 4 atom stereocenters. The number of carbonyl (C=O) groups is 1. The zero-order valence-corrected chi connectivity index (χ0v) is 10.5. The summed E-state index contributed by atoms with van der Waals surface area (Å²) in [5.74, 6) is 4.43. The van der Waals surface area contributed by atoms with Crippen molar-refractivity contribution in [2.45, 2.75) is 32.4 Å². The maximum atomic E-state index is 12.0. The summed E-state index contributed by atoms with van der Waals surface area (Å²) in [6.45, 7) is 6.02. The van der Waals surface area contributed by atoms with E-state index in [4.69, 9.17) is 5.90 Å². The Labute approximate surface area is 95.4 Å². The third-order valence-electron chi connectivity index (χ3n) is 4.70. The summed E-state index contributed by atoms with van der Waals surface area (Å²) in [7, 11) is -3.94. The van der Waals surface area contributed by atoms with Crippen molar-refractivity contribution in [1.82, 2.24) is 0 Å². The molecule has 92 valence electrons. The number of carbonyl (C=O) groups excluding carboxylic acids is 1. The molecule has 0 aliphatic heterocycles. The molecule has 0 aromatic rings. The van der Waals surface area contributed by atoms with E-state index in [0.29, 0.717) is 6.42 Å². The summed E-state index contributed by atoms with van der Waals surface area (Å²) in [6, 6.07) is 0. The number of hydrogen-bond acceptors (Lipinski definition) is 5. The molecule has 0 spiro atoms. The zero-order valence-electron chi connectivity index (χ0n) is 9.64. The standard InChI is InChI=1S/C10H17NO4S/c1-5-6-4-7(10(5,2)3)9(8(6)12)16(13,14)15-11/h5-7,9H,4,11H2,1-3H3/t5-,6-,7-,9+/m1/s1. The lowest BCUT2D eigenvalue weighted by atomic mass is 9.69. The maximum absolute atomic E-state index is 12.0. The third kappa shape index (κ3) is 1.30. The maximum Gasteiger partial charge on any atom is 0.293 e. The van der Waals surface area contributed by atoms with Gasteiger partial charge in [0.15, 0.2) is 5.78 Å². The van der Waals surface area contributed by atoms with Gasteiger partial charge in [0.25, 0.3) is 10.1 Å². The minimum atomic E-state index is -3.94. The van der Waals surface area contributed by atoms with Gasteiger partial charge in [-0.3, -0.25) is 4.79 Å². The van der Waals surface area contributed by atoms with Gasteiger partial charge in [0.1, 0.15) is 5.25 Å². The van der Waals surface area contributed by atoms with Crippen LogP contribution in [0.2, 0.25) is 0 Å². The largest absolute Gasteiger partial charge is 0.298 e.